The maximum atomic E-state index is 13.7. The highest BCUT2D eigenvalue weighted by Crippen LogP contribution is 2.20. The van der Waals surface area contributed by atoms with Crippen LogP contribution in [-0.2, 0) is 6.54 Å². The molecule has 1 aromatic heterocycles. The summed E-state index contributed by atoms with van der Waals surface area (Å²) < 4.78 is 15.0. The van der Waals surface area contributed by atoms with Crippen LogP contribution in [0, 0.1) is 29.8 Å². The molecule has 0 fully saturated rings. The van der Waals surface area contributed by atoms with E-state index in [4.69, 9.17) is 0 Å². The van der Waals surface area contributed by atoms with E-state index in [0.717, 1.165) is 11.8 Å². The molecule has 24 heavy (non-hydrogen) atoms. The number of nitro groups is 1. The molecule has 2 N–H and O–H groups in total. The molecule has 2 unspecified atom stereocenters. The standard InChI is InChI=1S/C16H21FN4O3/c1-10-4-13(5-11(2)16(10)17)12(3)18-7-15(22)9-20-8-14(6-19-20)21(23)24/h4-6,8,12,15,18,22H,7,9H2,1-3H3. The summed E-state index contributed by atoms with van der Waals surface area (Å²) in [5.74, 6) is -0.203. The van der Waals surface area contributed by atoms with Crippen molar-refractivity contribution in [3.05, 3.63) is 57.1 Å². The molecule has 8 heteroatoms. The molecule has 1 heterocycles. The highest BCUT2D eigenvalue weighted by atomic mass is 19.1. The number of nitrogens with zero attached hydrogens (tertiary/aromatic N) is 3. The zero-order valence-electron chi connectivity index (χ0n) is 13.9. The summed E-state index contributed by atoms with van der Waals surface area (Å²) in [6, 6.07) is 3.50. The van der Waals surface area contributed by atoms with Gasteiger partial charge in [0.2, 0.25) is 0 Å². The van der Waals surface area contributed by atoms with Gasteiger partial charge in [0.05, 0.1) is 17.6 Å². The molecule has 2 aromatic rings. The van der Waals surface area contributed by atoms with Crippen LogP contribution in [0.3, 0.4) is 0 Å². The molecule has 130 valence electrons. The second-order valence-corrected chi connectivity index (χ2v) is 5.93. The van der Waals surface area contributed by atoms with Gasteiger partial charge in [0.1, 0.15) is 18.2 Å². The first-order valence-electron chi connectivity index (χ1n) is 7.63. The van der Waals surface area contributed by atoms with E-state index in [2.05, 4.69) is 10.4 Å². The minimum atomic E-state index is -0.755. The maximum absolute atomic E-state index is 13.7. The summed E-state index contributed by atoms with van der Waals surface area (Å²) in [6.07, 6.45) is 1.67. The van der Waals surface area contributed by atoms with Gasteiger partial charge in [-0.15, -0.1) is 0 Å². The number of halogens is 1. The Kier molecular flexibility index (Phi) is 5.63. The highest BCUT2D eigenvalue weighted by Gasteiger charge is 2.14. The Hall–Kier alpha value is -2.32. The van der Waals surface area contributed by atoms with E-state index in [9.17, 15) is 19.6 Å². The first kappa shape index (κ1) is 18.0. The Balaban J connectivity index is 1.90. The molecular formula is C16H21FN4O3. The SMILES string of the molecule is Cc1cc(C(C)NCC(O)Cn2cc([N+](=O)[O-])cn2)cc(C)c1F. The monoisotopic (exact) mass is 336 g/mol. The predicted molar refractivity (Wildman–Crippen MR) is 87.2 cm³/mol. The molecule has 7 nitrogen and oxygen atoms in total. The molecule has 1 aromatic carbocycles. The molecule has 0 spiro atoms. The molecule has 0 aliphatic rings. The van der Waals surface area contributed by atoms with E-state index in [1.165, 1.54) is 10.9 Å². The normalized spacial score (nSPS) is 13.7. The summed E-state index contributed by atoms with van der Waals surface area (Å²) in [5, 5.41) is 27.7. The zero-order valence-corrected chi connectivity index (χ0v) is 13.9. The quantitative estimate of drug-likeness (QED) is 0.597. The van der Waals surface area contributed by atoms with Gasteiger partial charge < -0.3 is 10.4 Å². The van der Waals surface area contributed by atoms with Crippen molar-refractivity contribution in [1.82, 2.24) is 15.1 Å². The lowest BCUT2D eigenvalue weighted by molar-refractivity contribution is -0.385. The lowest BCUT2D eigenvalue weighted by atomic mass is 10.0. The third-order valence-corrected chi connectivity index (χ3v) is 3.85. The number of rotatable bonds is 7. The van der Waals surface area contributed by atoms with E-state index in [0.29, 0.717) is 11.1 Å². The Labute approximate surface area is 139 Å². The van der Waals surface area contributed by atoms with Gasteiger partial charge in [0, 0.05) is 12.6 Å². The Morgan fingerprint density at radius 1 is 1.42 bits per heavy atom. The van der Waals surface area contributed by atoms with E-state index >= 15 is 0 Å². The zero-order chi connectivity index (χ0) is 17.9. The van der Waals surface area contributed by atoms with Gasteiger partial charge in [0.25, 0.3) is 0 Å². The predicted octanol–water partition coefficient (Wildman–Crippen LogP) is 2.26. The Morgan fingerprint density at radius 3 is 2.58 bits per heavy atom. The Morgan fingerprint density at radius 2 is 2.04 bits per heavy atom. The number of aliphatic hydroxyl groups excluding tert-OH is 1. The minimum Gasteiger partial charge on any atom is -0.390 e. The van der Waals surface area contributed by atoms with Crippen LogP contribution in [0.5, 0.6) is 0 Å². The summed E-state index contributed by atoms with van der Waals surface area (Å²) in [4.78, 5) is 10.1. The van der Waals surface area contributed by atoms with E-state index in [1.54, 1.807) is 26.0 Å². The summed E-state index contributed by atoms with van der Waals surface area (Å²) >= 11 is 0. The van der Waals surface area contributed by atoms with Gasteiger partial charge in [0.15, 0.2) is 0 Å². The molecular weight excluding hydrogens is 315 g/mol. The summed E-state index contributed by atoms with van der Waals surface area (Å²) in [6.45, 7) is 5.80. The van der Waals surface area contributed by atoms with Gasteiger partial charge in [-0.1, -0.05) is 12.1 Å². The number of aliphatic hydroxyl groups is 1. The Bertz CT molecular complexity index is 709. The number of hydrogen-bond donors (Lipinski definition) is 2. The first-order valence-corrected chi connectivity index (χ1v) is 7.63. The van der Waals surface area contributed by atoms with Gasteiger partial charge in [-0.3, -0.25) is 14.8 Å². The maximum Gasteiger partial charge on any atom is 0.306 e. The second-order valence-electron chi connectivity index (χ2n) is 5.93. The highest BCUT2D eigenvalue weighted by molar-refractivity contribution is 5.32. The van der Waals surface area contributed by atoms with Crippen LogP contribution in [0.15, 0.2) is 24.5 Å². The van der Waals surface area contributed by atoms with Crippen LogP contribution < -0.4 is 5.32 Å². The molecule has 0 saturated carbocycles. The van der Waals surface area contributed by atoms with Gasteiger partial charge >= 0.3 is 5.69 Å². The van der Waals surface area contributed by atoms with Crippen LogP contribution in [0.25, 0.3) is 0 Å². The van der Waals surface area contributed by atoms with Gasteiger partial charge in [-0.05, 0) is 37.5 Å². The molecule has 0 aliphatic heterocycles. The van der Waals surface area contributed by atoms with Crippen molar-refractivity contribution < 1.29 is 14.4 Å². The first-order chi connectivity index (χ1) is 11.3. The van der Waals surface area contributed by atoms with Crippen molar-refractivity contribution in [2.24, 2.45) is 0 Å². The van der Waals surface area contributed by atoms with E-state index < -0.39 is 11.0 Å². The van der Waals surface area contributed by atoms with Crippen molar-refractivity contribution >= 4 is 5.69 Å². The third kappa shape index (κ3) is 4.36. The molecule has 0 bridgehead atoms. The van der Waals surface area contributed by atoms with Gasteiger partial charge in [-0.2, -0.15) is 5.10 Å². The van der Waals surface area contributed by atoms with Crippen molar-refractivity contribution in [3.8, 4) is 0 Å². The van der Waals surface area contributed by atoms with Crippen molar-refractivity contribution in [2.45, 2.75) is 39.5 Å². The number of nitrogens with one attached hydrogen (secondary N) is 1. The van der Waals surface area contributed by atoms with Crippen molar-refractivity contribution in [1.29, 1.82) is 0 Å². The van der Waals surface area contributed by atoms with Crippen LogP contribution in [0.1, 0.15) is 29.7 Å². The average molecular weight is 336 g/mol. The number of aryl methyl sites for hydroxylation is 2. The molecule has 0 aliphatic carbocycles. The molecule has 2 rings (SSSR count). The van der Waals surface area contributed by atoms with E-state index in [1.807, 2.05) is 6.92 Å². The fourth-order valence-electron chi connectivity index (χ4n) is 2.49. The van der Waals surface area contributed by atoms with Crippen LogP contribution in [0.2, 0.25) is 0 Å². The third-order valence-electron chi connectivity index (χ3n) is 3.85. The minimum absolute atomic E-state index is 0.0652. The van der Waals surface area contributed by atoms with Crippen molar-refractivity contribution in [2.75, 3.05) is 6.54 Å². The molecule has 0 radical (unpaired) electrons. The van der Waals surface area contributed by atoms with Crippen LogP contribution in [0.4, 0.5) is 10.1 Å². The number of aromatic nitrogens is 2. The van der Waals surface area contributed by atoms with Crippen LogP contribution in [-0.4, -0.2) is 32.5 Å². The van der Waals surface area contributed by atoms with Crippen LogP contribution >= 0.6 is 0 Å². The summed E-state index contributed by atoms with van der Waals surface area (Å²) in [7, 11) is 0. The van der Waals surface area contributed by atoms with Gasteiger partial charge in [-0.25, -0.2) is 4.39 Å². The largest absolute Gasteiger partial charge is 0.390 e. The second kappa shape index (κ2) is 7.50. The molecule has 0 amide bonds. The lowest BCUT2D eigenvalue weighted by Crippen LogP contribution is -2.32. The number of benzene rings is 1. The smallest absolute Gasteiger partial charge is 0.306 e. The fourth-order valence-corrected chi connectivity index (χ4v) is 2.49. The lowest BCUT2D eigenvalue weighted by Gasteiger charge is -2.19. The van der Waals surface area contributed by atoms with E-state index in [-0.39, 0.29) is 30.6 Å². The fraction of sp³-hybridized carbons (Fsp3) is 0.438. The topological polar surface area (TPSA) is 93.2 Å². The van der Waals surface area contributed by atoms with Crippen molar-refractivity contribution in [3.63, 3.8) is 0 Å². The average Bonchev–Trinajstić information content (AvgIpc) is 2.98. The summed E-state index contributed by atoms with van der Waals surface area (Å²) in [5.41, 5.74) is 2.00. The number of hydrogen-bond acceptors (Lipinski definition) is 5. The molecule has 2 atom stereocenters. The molecule has 0 saturated heterocycles.